The molecule has 0 nitrogen and oxygen atoms in total. The molecule has 0 heterocycles. The summed E-state index contributed by atoms with van der Waals surface area (Å²) in [6.07, 6.45) is 18.7. The second-order valence-corrected chi connectivity index (χ2v) is 4.12. The second kappa shape index (κ2) is 7.05. The minimum atomic E-state index is 0.470. The van der Waals surface area contributed by atoms with Gasteiger partial charge in [0.1, 0.15) is 0 Å². The number of hydrogen-bond acceptors (Lipinski definition) is 0. The van der Waals surface area contributed by atoms with Crippen LogP contribution >= 0.6 is 0 Å². The summed E-state index contributed by atoms with van der Waals surface area (Å²) in [6, 6.07) is 0. The molecule has 1 aliphatic rings. The summed E-state index contributed by atoms with van der Waals surface area (Å²) in [4.78, 5) is 0. The molecule has 0 bridgehead atoms. The molecular formula is C16H22. The molecule has 1 atom stereocenters. The zero-order valence-corrected chi connectivity index (χ0v) is 10.4. The van der Waals surface area contributed by atoms with E-state index < -0.39 is 0 Å². The topological polar surface area (TPSA) is 0 Å². The first kappa shape index (κ1) is 12.8. The van der Waals surface area contributed by atoms with Crippen molar-refractivity contribution >= 4 is 0 Å². The van der Waals surface area contributed by atoms with Crippen molar-refractivity contribution in [3.8, 4) is 0 Å². The summed E-state index contributed by atoms with van der Waals surface area (Å²) in [5.74, 6) is 0.470. The van der Waals surface area contributed by atoms with Crippen LogP contribution in [-0.4, -0.2) is 0 Å². The SMILES string of the molecule is C=C/C=C(\C=C/CC)C(C)C1=CCCC=C1. The van der Waals surface area contributed by atoms with Crippen molar-refractivity contribution in [1.82, 2.24) is 0 Å². The van der Waals surface area contributed by atoms with Crippen LogP contribution in [-0.2, 0) is 0 Å². The Morgan fingerprint density at radius 2 is 2.31 bits per heavy atom. The summed E-state index contributed by atoms with van der Waals surface area (Å²) in [7, 11) is 0. The van der Waals surface area contributed by atoms with Gasteiger partial charge < -0.3 is 0 Å². The second-order valence-electron chi connectivity index (χ2n) is 4.12. The van der Waals surface area contributed by atoms with Gasteiger partial charge >= 0.3 is 0 Å². The average molecular weight is 214 g/mol. The van der Waals surface area contributed by atoms with E-state index in [0.717, 1.165) is 6.42 Å². The van der Waals surface area contributed by atoms with E-state index in [4.69, 9.17) is 0 Å². The molecular weight excluding hydrogens is 192 g/mol. The Bertz CT molecular complexity index is 337. The molecule has 86 valence electrons. The van der Waals surface area contributed by atoms with Crippen LogP contribution in [0.3, 0.4) is 0 Å². The molecule has 16 heavy (non-hydrogen) atoms. The predicted molar refractivity (Wildman–Crippen MR) is 73.3 cm³/mol. The van der Waals surface area contributed by atoms with Crippen LogP contribution in [0.25, 0.3) is 0 Å². The summed E-state index contributed by atoms with van der Waals surface area (Å²) in [5, 5.41) is 0. The zero-order valence-electron chi connectivity index (χ0n) is 10.4. The van der Waals surface area contributed by atoms with Gasteiger partial charge in [0.2, 0.25) is 0 Å². The van der Waals surface area contributed by atoms with Gasteiger partial charge in [0, 0.05) is 5.92 Å². The van der Waals surface area contributed by atoms with E-state index in [1.807, 2.05) is 6.08 Å². The van der Waals surface area contributed by atoms with Crippen molar-refractivity contribution in [2.75, 3.05) is 0 Å². The largest absolute Gasteiger partial charge is 0.0991 e. The molecule has 0 spiro atoms. The highest BCUT2D eigenvalue weighted by Crippen LogP contribution is 2.25. The van der Waals surface area contributed by atoms with Gasteiger partial charge in [0.05, 0.1) is 0 Å². The first-order chi connectivity index (χ1) is 7.79. The molecule has 0 heteroatoms. The van der Waals surface area contributed by atoms with Crippen LogP contribution in [0.1, 0.15) is 33.1 Å². The van der Waals surface area contributed by atoms with Gasteiger partial charge in [0.25, 0.3) is 0 Å². The Labute approximate surface area is 99.8 Å². The molecule has 0 saturated carbocycles. The molecule has 0 amide bonds. The third-order valence-electron chi connectivity index (χ3n) is 2.88. The molecule has 1 unspecified atom stereocenters. The molecule has 0 fully saturated rings. The summed E-state index contributed by atoms with van der Waals surface area (Å²) >= 11 is 0. The third-order valence-corrected chi connectivity index (χ3v) is 2.88. The minimum Gasteiger partial charge on any atom is -0.0991 e. The maximum Gasteiger partial charge on any atom is 0.00576 e. The Kier molecular flexibility index (Phi) is 5.63. The fraction of sp³-hybridized carbons (Fsp3) is 0.375. The molecule has 0 aromatic heterocycles. The van der Waals surface area contributed by atoms with Crippen LogP contribution in [0.5, 0.6) is 0 Å². The van der Waals surface area contributed by atoms with Crippen LogP contribution in [0.4, 0.5) is 0 Å². The highest BCUT2D eigenvalue weighted by Gasteiger charge is 2.10. The van der Waals surface area contributed by atoms with E-state index >= 15 is 0 Å². The Balaban J connectivity index is 2.82. The van der Waals surface area contributed by atoms with E-state index in [1.165, 1.54) is 24.0 Å². The van der Waals surface area contributed by atoms with E-state index in [9.17, 15) is 0 Å². The zero-order chi connectivity index (χ0) is 11.8. The van der Waals surface area contributed by atoms with Crippen molar-refractivity contribution in [2.45, 2.75) is 33.1 Å². The van der Waals surface area contributed by atoms with Gasteiger partial charge in [0.15, 0.2) is 0 Å². The highest BCUT2D eigenvalue weighted by molar-refractivity contribution is 5.37. The lowest BCUT2D eigenvalue weighted by molar-refractivity contribution is 0.821. The number of allylic oxidation sites excluding steroid dienone is 9. The Morgan fingerprint density at radius 1 is 1.50 bits per heavy atom. The smallest absolute Gasteiger partial charge is 0.00576 e. The monoisotopic (exact) mass is 214 g/mol. The lowest BCUT2D eigenvalue weighted by atomic mass is 9.88. The van der Waals surface area contributed by atoms with Crippen molar-refractivity contribution in [3.05, 3.63) is 60.3 Å². The van der Waals surface area contributed by atoms with Crippen LogP contribution in [0, 0.1) is 5.92 Å². The molecule has 0 aliphatic heterocycles. The molecule has 0 saturated heterocycles. The molecule has 0 aromatic carbocycles. The molecule has 1 rings (SSSR count). The molecule has 0 aromatic rings. The standard InChI is InChI=1S/C16H22/c1-4-6-11-15(10-5-2)14(3)16-12-8-7-9-13-16/h5-6,8,10-14H,2,4,7,9H2,1,3H3/b11-6-,15-10+. The fourth-order valence-corrected chi connectivity index (χ4v) is 1.88. The number of hydrogen-bond donors (Lipinski definition) is 0. The normalized spacial score (nSPS) is 18.6. The Morgan fingerprint density at radius 3 is 2.88 bits per heavy atom. The molecule has 1 aliphatic carbocycles. The fourth-order valence-electron chi connectivity index (χ4n) is 1.88. The van der Waals surface area contributed by atoms with Crippen molar-refractivity contribution in [2.24, 2.45) is 5.92 Å². The maximum absolute atomic E-state index is 3.79. The summed E-state index contributed by atoms with van der Waals surface area (Å²) < 4.78 is 0. The van der Waals surface area contributed by atoms with Gasteiger partial charge in [-0.2, -0.15) is 0 Å². The summed E-state index contributed by atoms with van der Waals surface area (Å²) in [5.41, 5.74) is 2.77. The van der Waals surface area contributed by atoms with Crippen LogP contribution < -0.4 is 0 Å². The predicted octanol–water partition coefficient (Wildman–Crippen LogP) is 4.98. The maximum atomic E-state index is 3.79. The van der Waals surface area contributed by atoms with E-state index in [0.29, 0.717) is 5.92 Å². The lowest BCUT2D eigenvalue weighted by Crippen LogP contribution is -2.02. The van der Waals surface area contributed by atoms with Crippen LogP contribution in [0.2, 0.25) is 0 Å². The van der Waals surface area contributed by atoms with E-state index in [1.54, 1.807) is 0 Å². The molecule has 0 N–H and O–H groups in total. The highest BCUT2D eigenvalue weighted by atomic mass is 14.1. The van der Waals surface area contributed by atoms with Gasteiger partial charge in [-0.05, 0) is 30.4 Å². The Hall–Kier alpha value is -1.30. The van der Waals surface area contributed by atoms with E-state index in [-0.39, 0.29) is 0 Å². The lowest BCUT2D eigenvalue weighted by Gasteiger charge is -2.16. The first-order valence-electron chi connectivity index (χ1n) is 6.15. The first-order valence-corrected chi connectivity index (χ1v) is 6.15. The van der Waals surface area contributed by atoms with Gasteiger partial charge in [-0.15, -0.1) is 0 Å². The van der Waals surface area contributed by atoms with Crippen molar-refractivity contribution in [3.63, 3.8) is 0 Å². The van der Waals surface area contributed by atoms with E-state index in [2.05, 4.69) is 56.9 Å². The third kappa shape index (κ3) is 3.69. The van der Waals surface area contributed by atoms with Crippen LogP contribution in [0.15, 0.2) is 60.3 Å². The quantitative estimate of drug-likeness (QED) is 0.566. The molecule has 0 radical (unpaired) electrons. The number of rotatable bonds is 5. The minimum absolute atomic E-state index is 0.470. The van der Waals surface area contributed by atoms with Crippen molar-refractivity contribution in [1.29, 1.82) is 0 Å². The summed E-state index contributed by atoms with van der Waals surface area (Å²) in [6.45, 7) is 8.21. The van der Waals surface area contributed by atoms with Gasteiger partial charge in [-0.25, -0.2) is 0 Å². The van der Waals surface area contributed by atoms with Gasteiger partial charge in [-0.1, -0.05) is 63.0 Å². The average Bonchev–Trinajstić information content (AvgIpc) is 2.35. The van der Waals surface area contributed by atoms with Gasteiger partial charge in [-0.3, -0.25) is 0 Å². The van der Waals surface area contributed by atoms with Crippen molar-refractivity contribution < 1.29 is 0 Å².